The van der Waals surface area contributed by atoms with Gasteiger partial charge >= 0.3 is 0 Å². The lowest BCUT2D eigenvalue weighted by atomic mass is 10.2. The molecule has 3 aromatic rings. The lowest BCUT2D eigenvalue weighted by Gasteiger charge is -2.18. The summed E-state index contributed by atoms with van der Waals surface area (Å²) in [5, 5.41) is 0.567. The van der Waals surface area contributed by atoms with Crippen LogP contribution >= 0.6 is 22.9 Å². The van der Waals surface area contributed by atoms with Crippen molar-refractivity contribution in [3.8, 4) is 22.1 Å². The number of hydrogen-bond donors (Lipinski definition) is 0. The molecule has 0 radical (unpaired) electrons. The minimum atomic E-state index is -3.02. The van der Waals surface area contributed by atoms with Gasteiger partial charge < -0.3 is 14.4 Å². The summed E-state index contributed by atoms with van der Waals surface area (Å²) in [6, 6.07) is 10.9. The minimum absolute atomic E-state index is 0.0734. The fourth-order valence-corrected chi connectivity index (χ4v) is 5.55. The molecular weight excluding hydrogens is 484 g/mol. The molecule has 1 aromatic carbocycles. The summed E-state index contributed by atoms with van der Waals surface area (Å²) >= 11 is 7.33. The zero-order valence-electron chi connectivity index (χ0n) is 18.2. The molecule has 0 unspecified atom stereocenters. The van der Waals surface area contributed by atoms with Gasteiger partial charge in [0.2, 0.25) is 0 Å². The van der Waals surface area contributed by atoms with Crippen molar-refractivity contribution in [3.63, 3.8) is 0 Å². The standard InChI is InChI=1S/C23H23ClN2O5S2/c1-3-33(28,29)10-4-9-31-19-8-6-17(12-20(19)30-2)26-14-15-11-21(32-22(15)23(26)27)18-7-5-16(24)13-25-18/h5-8,11-13H,3-4,9-10,14H2,1-2H3. The zero-order valence-corrected chi connectivity index (χ0v) is 20.6. The van der Waals surface area contributed by atoms with Crippen LogP contribution in [0.25, 0.3) is 10.6 Å². The molecule has 10 heteroatoms. The fraction of sp³-hybridized carbons (Fsp3) is 0.304. The number of methoxy groups -OCH3 is 1. The number of ether oxygens (including phenoxy) is 2. The number of aromatic nitrogens is 1. The lowest BCUT2D eigenvalue weighted by Crippen LogP contribution is -2.23. The highest BCUT2D eigenvalue weighted by Crippen LogP contribution is 2.40. The van der Waals surface area contributed by atoms with Crippen molar-refractivity contribution in [3.05, 3.63) is 58.1 Å². The van der Waals surface area contributed by atoms with Crippen LogP contribution in [0.3, 0.4) is 0 Å². The molecular formula is C23H23ClN2O5S2. The van der Waals surface area contributed by atoms with Gasteiger partial charge in [0, 0.05) is 23.7 Å². The summed E-state index contributed by atoms with van der Waals surface area (Å²) in [6.45, 7) is 2.35. The van der Waals surface area contributed by atoms with E-state index < -0.39 is 9.84 Å². The quantitative estimate of drug-likeness (QED) is 0.386. The molecule has 0 aliphatic carbocycles. The average Bonchev–Trinajstić information content (AvgIpc) is 3.36. The van der Waals surface area contributed by atoms with Crippen molar-refractivity contribution >= 4 is 44.4 Å². The Labute approximate surface area is 201 Å². The summed E-state index contributed by atoms with van der Waals surface area (Å²) in [7, 11) is -1.49. The molecule has 4 rings (SSSR count). The Hall–Kier alpha value is -2.62. The SMILES string of the molecule is CCS(=O)(=O)CCCOc1ccc(N2Cc3cc(-c4ccc(Cl)cn4)sc3C2=O)cc1OC. The first-order valence-corrected chi connectivity index (χ1v) is 13.4. The highest BCUT2D eigenvalue weighted by Gasteiger charge is 2.32. The van der Waals surface area contributed by atoms with Gasteiger partial charge in [-0.1, -0.05) is 18.5 Å². The second-order valence-electron chi connectivity index (χ2n) is 7.49. The molecule has 1 aliphatic rings. The Morgan fingerprint density at radius 2 is 2.00 bits per heavy atom. The number of thiophene rings is 1. The predicted octanol–water partition coefficient (Wildman–Crippen LogP) is 4.84. The van der Waals surface area contributed by atoms with E-state index in [2.05, 4.69) is 4.98 Å². The van der Waals surface area contributed by atoms with E-state index in [9.17, 15) is 13.2 Å². The highest BCUT2D eigenvalue weighted by atomic mass is 35.5. The van der Waals surface area contributed by atoms with Crippen LogP contribution in [-0.2, 0) is 16.4 Å². The predicted molar refractivity (Wildman–Crippen MR) is 131 cm³/mol. The number of pyridine rings is 1. The number of benzene rings is 1. The molecule has 7 nitrogen and oxygen atoms in total. The number of anilines is 1. The number of nitrogens with zero attached hydrogens (tertiary/aromatic N) is 2. The van der Waals surface area contributed by atoms with Gasteiger partial charge in [-0.2, -0.15) is 0 Å². The first kappa shape index (κ1) is 23.5. The van der Waals surface area contributed by atoms with Gasteiger partial charge in [-0.15, -0.1) is 11.3 Å². The second kappa shape index (κ2) is 9.70. The maximum atomic E-state index is 13.1. The van der Waals surface area contributed by atoms with Crippen LogP contribution in [0.5, 0.6) is 11.5 Å². The molecule has 1 aliphatic heterocycles. The maximum absolute atomic E-state index is 13.1. The molecule has 1 amide bonds. The summed E-state index contributed by atoms with van der Waals surface area (Å²) in [5.41, 5.74) is 2.44. The molecule has 0 saturated carbocycles. The largest absolute Gasteiger partial charge is 0.493 e. The van der Waals surface area contributed by atoms with Crippen LogP contribution in [0.4, 0.5) is 5.69 Å². The van der Waals surface area contributed by atoms with Crippen molar-refractivity contribution in [2.24, 2.45) is 0 Å². The van der Waals surface area contributed by atoms with Crippen LogP contribution in [-0.4, -0.2) is 44.5 Å². The van der Waals surface area contributed by atoms with Crippen LogP contribution in [0.2, 0.25) is 5.02 Å². The molecule has 0 spiro atoms. The van der Waals surface area contributed by atoms with E-state index in [4.69, 9.17) is 21.1 Å². The monoisotopic (exact) mass is 506 g/mol. The highest BCUT2D eigenvalue weighted by molar-refractivity contribution is 7.91. The van der Waals surface area contributed by atoms with E-state index in [-0.39, 0.29) is 24.0 Å². The van der Waals surface area contributed by atoms with Gasteiger partial charge in [-0.3, -0.25) is 9.78 Å². The van der Waals surface area contributed by atoms with Crippen molar-refractivity contribution in [2.75, 3.05) is 30.1 Å². The number of carbonyl (C=O) groups excluding carboxylic acids is 1. The smallest absolute Gasteiger partial charge is 0.269 e. The summed E-state index contributed by atoms with van der Waals surface area (Å²) in [5.74, 6) is 1.13. The first-order valence-electron chi connectivity index (χ1n) is 10.4. The van der Waals surface area contributed by atoms with Crippen molar-refractivity contribution in [1.29, 1.82) is 0 Å². The minimum Gasteiger partial charge on any atom is -0.493 e. The van der Waals surface area contributed by atoms with Crippen LogP contribution in [0.15, 0.2) is 42.6 Å². The normalized spacial score (nSPS) is 13.3. The summed E-state index contributed by atoms with van der Waals surface area (Å²) < 4.78 is 34.4. The number of fused-ring (bicyclic) bond motifs is 1. The molecule has 0 fully saturated rings. The number of halogens is 1. The van der Waals surface area contributed by atoms with Gasteiger partial charge in [0.25, 0.3) is 5.91 Å². The molecule has 0 N–H and O–H groups in total. The molecule has 0 saturated heterocycles. The number of amides is 1. The third-order valence-corrected chi connectivity index (χ3v) is 8.51. The van der Waals surface area contributed by atoms with Gasteiger partial charge in [-0.25, -0.2) is 8.42 Å². The second-order valence-corrected chi connectivity index (χ2v) is 11.5. The van der Waals surface area contributed by atoms with E-state index in [0.29, 0.717) is 40.1 Å². The molecule has 174 valence electrons. The van der Waals surface area contributed by atoms with E-state index in [1.54, 1.807) is 42.3 Å². The van der Waals surface area contributed by atoms with Gasteiger partial charge in [0.05, 0.1) is 46.5 Å². The summed E-state index contributed by atoms with van der Waals surface area (Å²) in [4.78, 5) is 20.7. The third kappa shape index (κ3) is 5.15. The van der Waals surface area contributed by atoms with E-state index in [1.165, 1.54) is 18.4 Å². The molecule has 0 atom stereocenters. The van der Waals surface area contributed by atoms with Crippen molar-refractivity contribution < 1.29 is 22.7 Å². The first-order chi connectivity index (χ1) is 15.8. The number of carbonyl (C=O) groups is 1. The third-order valence-electron chi connectivity index (χ3n) is 5.31. The fourth-order valence-electron chi connectivity index (χ4n) is 3.50. The Morgan fingerprint density at radius 1 is 1.18 bits per heavy atom. The average molecular weight is 507 g/mol. The molecule has 33 heavy (non-hydrogen) atoms. The maximum Gasteiger partial charge on any atom is 0.269 e. The Balaban J connectivity index is 1.45. The van der Waals surface area contributed by atoms with Crippen LogP contribution < -0.4 is 14.4 Å². The Bertz CT molecular complexity index is 1270. The van der Waals surface area contributed by atoms with Crippen molar-refractivity contribution in [1.82, 2.24) is 4.98 Å². The zero-order chi connectivity index (χ0) is 23.6. The van der Waals surface area contributed by atoms with E-state index in [1.807, 2.05) is 12.1 Å². The topological polar surface area (TPSA) is 85.8 Å². The Morgan fingerprint density at radius 3 is 2.67 bits per heavy atom. The number of sulfone groups is 1. The Kier molecular flexibility index (Phi) is 6.92. The number of rotatable bonds is 9. The lowest BCUT2D eigenvalue weighted by molar-refractivity contribution is 0.1000. The molecule has 0 bridgehead atoms. The van der Waals surface area contributed by atoms with E-state index >= 15 is 0 Å². The van der Waals surface area contributed by atoms with Gasteiger partial charge in [-0.05, 0) is 42.3 Å². The molecule has 2 aromatic heterocycles. The molecule has 3 heterocycles. The number of hydrogen-bond acceptors (Lipinski definition) is 7. The van der Waals surface area contributed by atoms with Gasteiger partial charge in [0.1, 0.15) is 9.84 Å². The van der Waals surface area contributed by atoms with E-state index in [0.717, 1.165) is 16.1 Å². The van der Waals surface area contributed by atoms with Crippen molar-refractivity contribution in [2.45, 2.75) is 19.9 Å². The summed E-state index contributed by atoms with van der Waals surface area (Å²) in [6.07, 6.45) is 1.99. The van der Waals surface area contributed by atoms with Gasteiger partial charge in [0.15, 0.2) is 11.5 Å². The van der Waals surface area contributed by atoms with Crippen LogP contribution in [0, 0.1) is 0 Å². The van der Waals surface area contributed by atoms with Crippen LogP contribution in [0.1, 0.15) is 28.6 Å².